The minimum Gasteiger partial charge on any atom is -0.387 e. The Morgan fingerprint density at radius 1 is 1.65 bits per heavy atom. The first kappa shape index (κ1) is 14.4. The first-order chi connectivity index (χ1) is 7.83. The maximum atomic E-state index is 12.0. The molecule has 1 heterocycles. The lowest BCUT2D eigenvalue weighted by molar-refractivity contribution is 0.126. The fraction of sp³-hybridized carbons (Fsp3) is 0.900. The lowest BCUT2D eigenvalue weighted by Gasteiger charge is -2.22. The molecule has 0 spiro atoms. The van der Waals surface area contributed by atoms with Crippen LogP contribution in [0.2, 0.25) is 0 Å². The molecule has 0 saturated carbocycles. The topological polar surface area (TPSA) is 96.5 Å². The van der Waals surface area contributed by atoms with E-state index in [-0.39, 0.29) is 30.2 Å². The predicted molar refractivity (Wildman–Crippen MR) is 66.5 cm³/mol. The molecule has 7 heteroatoms. The van der Waals surface area contributed by atoms with Crippen LogP contribution in [0.4, 0.5) is 0 Å². The Morgan fingerprint density at radius 3 is 2.76 bits per heavy atom. The molecule has 17 heavy (non-hydrogen) atoms. The first-order valence-corrected chi connectivity index (χ1v) is 7.33. The van der Waals surface area contributed by atoms with Gasteiger partial charge in [-0.3, -0.25) is 5.41 Å². The van der Waals surface area contributed by atoms with Gasteiger partial charge >= 0.3 is 0 Å². The van der Waals surface area contributed by atoms with Gasteiger partial charge in [0.1, 0.15) is 0 Å². The minimum atomic E-state index is -3.32. The van der Waals surface area contributed by atoms with E-state index in [1.165, 1.54) is 11.4 Å². The molecule has 0 aromatic heterocycles. The molecule has 0 aliphatic carbocycles. The highest BCUT2D eigenvalue weighted by molar-refractivity contribution is 7.89. The summed E-state index contributed by atoms with van der Waals surface area (Å²) in [5, 5.41) is 7.25. The largest absolute Gasteiger partial charge is 0.387 e. The second-order valence-electron chi connectivity index (χ2n) is 4.55. The van der Waals surface area contributed by atoms with Crippen molar-refractivity contribution >= 4 is 15.9 Å². The van der Waals surface area contributed by atoms with Crippen LogP contribution in [0.15, 0.2) is 0 Å². The van der Waals surface area contributed by atoms with Crippen LogP contribution in [-0.4, -0.2) is 50.6 Å². The van der Waals surface area contributed by atoms with E-state index >= 15 is 0 Å². The van der Waals surface area contributed by atoms with E-state index in [9.17, 15) is 8.42 Å². The Balaban J connectivity index is 2.53. The van der Waals surface area contributed by atoms with Crippen molar-refractivity contribution in [2.24, 2.45) is 11.7 Å². The highest BCUT2D eigenvalue weighted by atomic mass is 32.2. The minimum absolute atomic E-state index is 0.00386. The van der Waals surface area contributed by atoms with Gasteiger partial charge in [-0.2, -0.15) is 0 Å². The van der Waals surface area contributed by atoms with Gasteiger partial charge in [0.25, 0.3) is 0 Å². The summed E-state index contributed by atoms with van der Waals surface area (Å²) in [4.78, 5) is 0. The summed E-state index contributed by atoms with van der Waals surface area (Å²) in [6.45, 7) is 2.62. The van der Waals surface area contributed by atoms with Crippen molar-refractivity contribution in [3.05, 3.63) is 0 Å². The third-order valence-corrected chi connectivity index (χ3v) is 4.85. The monoisotopic (exact) mass is 263 g/mol. The Hall–Kier alpha value is -0.660. The standard InChI is InChI=1S/C10H21N3O3S/c1-8(10(11)12)6-13(2)17(14,15)7-9-4-3-5-16-9/h8-9H,3-7H2,1-2H3,(H3,11,12). The maximum Gasteiger partial charge on any atom is 0.216 e. The van der Waals surface area contributed by atoms with E-state index in [1.807, 2.05) is 0 Å². The summed E-state index contributed by atoms with van der Waals surface area (Å²) in [7, 11) is -1.80. The second-order valence-corrected chi connectivity index (χ2v) is 6.67. The Morgan fingerprint density at radius 2 is 2.29 bits per heavy atom. The molecule has 0 radical (unpaired) electrons. The van der Waals surface area contributed by atoms with E-state index in [0.717, 1.165) is 12.8 Å². The van der Waals surface area contributed by atoms with Gasteiger partial charge in [-0.05, 0) is 12.8 Å². The number of hydrogen-bond donors (Lipinski definition) is 2. The zero-order valence-electron chi connectivity index (χ0n) is 10.3. The number of hydrogen-bond acceptors (Lipinski definition) is 4. The van der Waals surface area contributed by atoms with E-state index in [1.54, 1.807) is 6.92 Å². The number of ether oxygens (including phenoxy) is 1. The molecule has 2 unspecified atom stereocenters. The highest BCUT2D eigenvalue weighted by Gasteiger charge is 2.27. The molecular formula is C10H21N3O3S. The zero-order chi connectivity index (χ0) is 13.1. The van der Waals surface area contributed by atoms with Crippen LogP contribution in [0, 0.1) is 11.3 Å². The normalized spacial score (nSPS) is 22.9. The van der Waals surface area contributed by atoms with Crippen molar-refractivity contribution < 1.29 is 13.2 Å². The van der Waals surface area contributed by atoms with Crippen LogP contribution < -0.4 is 5.73 Å². The molecule has 0 aromatic carbocycles. The summed E-state index contributed by atoms with van der Waals surface area (Å²) < 4.78 is 30.5. The highest BCUT2D eigenvalue weighted by Crippen LogP contribution is 2.16. The van der Waals surface area contributed by atoms with Gasteiger partial charge < -0.3 is 10.5 Å². The van der Waals surface area contributed by atoms with Crippen molar-refractivity contribution in [1.29, 1.82) is 5.41 Å². The fourth-order valence-corrected chi connectivity index (χ4v) is 3.17. The lowest BCUT2D eigenvalue weighted by atomic mass is 10.2. The van der Waals surface area contributed by atoms with Crippen LogP contribution in [0.3, 0.4) is 0 Å². The van der Waals surface area contributed by atoms with Gasteiger partial charge in [0.15, 0.2) is 0 Å². The number of sulfonamides is 1. The van der Waals surface area contributed by atoms with E-state index < -0.39 is 10.0 Å². The molecule has 0 aromatic rings. The summed E-state index contributed by atoms with van der Waals surface area (Å²) in [5.41, 5.74) is 5.33. The summed E-state index contributed by atoms with van der Waals surface area (Å²) in [5.74, 6) is -0.239. The van der Waals surface area contributed by atoms with E-state index in [0.29, 0.717) is 6.61 Å². The van der Waals surface area contributed by atoms with Crippen molar-refractivity contribution in [3.8, 4) is 0 Å². The van der Waals surface area contributed by atoms with Gasteiger partial charge in [0.2, 0.25) is 10.0 Å². The third kappa shape index (κ3) is 4.25. The van der Waals surface area contributed by atoms with Crippen LogP contribution >= 0.6 is 0 Å². The number of nitrogens with one attached hydrogen (secondary N) is 1. The number of amidine groups is 1. The lowest BCUT2D eigenvalue weighted by Crippen LogP contribution is -2.39. The number of nitrogens with zero attached hydrogens (tertiary/aromatic N) is 1. The molecule has 2 atom stereocenters. The Bertz CT molecular complexity index is 363. The fourth-order valence-electron chi connectivity index (χ4n) is 1.74. The second kappa shape index (κ2) is 5.79. The Labute approximate surface area is 103 Å². The molecule has 1 aliphatic heterocycles. The predicted octanol–water partition coefficient (Wildman–Crippen LogP) is -0.000930. The van der Waals surface area contributed by atoms with Crippen molar-refractivity contribution in [2.75, 3.05) is 26.0 Å². The molecule has 1 rings (SSSR count). The van der Waals surface area contributed by atoms with Crippen molar-refractivity contribution in [3.63, 3.8) is 0 Å². The van der Waals surface area contributed by atoms with Gasteiger partial charge in [0.05, 0.1) is 17.7 Å². The molecule has 0 bridgehead atoms. The molecule has 1 fully saturated rings. The summed E-state index contributed by atoms with van der Waals surface area (Å²) >= 11 is 0. The van der Waals surface area contributed by atoms with Crippen LogP contribution in [0.5, 0.6) is 0 Å². The van der Waals surface area contributed by atoms with Crippen LogP contribution in [0.1, 0.15) is 19.8 Å². The smallest absolute Gasteiger partial charge is 0.216 e. The zero-order valence-corrected chi connectivity index (χ0v) is 11.2. The molecular weight excluding hydrogens is 242 g/mol. The SMILES string of the molecule is CC(CN(C)S(=O)(=O)CC1CCCO1)C(=N)N. The summed E-state index contributed by atoms with van der Waals surface area (Å²) in [6, 6.07) is 0. The van der Waals surface area contributed by atoms with Crippen molar-refractivity contribution in [1.82, 2.24) is 4.31 Å². The van der Waals surface area contributed by atoms with Crippen LogP contribution in [-0.2, 0) is 14.8 Å². The Kier molecular flexibility index (Phi) is 4.91. The average Bonchev–Trinajstić information content (AvgIpc) is 2.69. The molecule has 6 nitrogen and oxygen atoms in total. The van der Waals surface area contributed by atoms with Gasteiger partial charge in [-0.25, -0.2) is 12.7 Å². The molecule has 0 amide bonds. The average molecular weight is 263 g/mol. The summed E-state index contributed by atoms with van der Waals surface area (Å²) in [6.07, 6.45) is 1.54. The molecule has 1 aliphatic rings. The van der Waals surface area contributed by atoms with Crippen molar-refractivity contribution in [2.45, 2.75) is 25.9 Å². The molecule has 100 valence electrons. The van der Waals surface area contributed by atoms with Gasteiger partial charge in [-0.1, -0.05) is 6.92 Å². The van der Waals surface area contributed by atoms with E-state index in [2.05, 4.69) is 0 Å². The van der Waals surface area contributed by atoms with Gasteiger partial charge in [-0.15, -0.1) is 0 Å². The molecule has 1 saturated heterocycles. The number of rotatable bonds is 6. The van der Waals surface area contributed by atoms with Gasteiger partial charge in [0, 0.05) is 26.1 Å². The third-order valence-electron chi connectivity index (χ3n) is 2.96. The maximum absolute atomic E-state index is 12.0. The number of nitrogens with two attached hydrogens (primary N) is 1. The first-order valence-electron chi connectivity index (χ1n) is 5.72. The quantitative estimate of drug-likeness (QED) is 0.520. The van der Waals surface area contributed by atoms with Crippen LogP contribution in [0.25, 0.3) is 0 Å². The molecule has 3 N–H and O–H groups in total. The van der Waals surface area contributed by atoms with E-state index in [4.69, 9.17) is 15.9 Å².